The third kappa shape index (κ3) is 4.53. The SMILES string of the molecule is CC.CC(=O)Cc1cccc(C(=O)c2ccc(Br)cc2)c1N. The molecule has 0 saturated carbocycles. The van der Waals surface area contributed by atoms with E-state index < -0.39 is 0 Å². The van der Waals surface area contributed by atoms with Gasteiger partial charge in [-0.05, 0) is 42.8 Å². The van der Waals surface area contributed by atoms with Gasteiger partial charge < -0.3 is 5.73 Å². The van der Waals surface area contributed by atoms with Gasteiger partial charge in [-0.15, -0.1) is 0 Å². The molecule has 2 aromatic rings. The molecular formula is C18H20BrNO2. The van der Waals surface area contributed by atoms with Crippen molar-refractivity contribution in [2.24, 2.45) is 0 Å². The lowest BCUT2D eigenvalue weighted by molar-refractivity contribution is -0.116. The van der Waals surface area contributed by atoms with E-state index in [2.05, 4.69) is 15.9 Å². The zero-order chi connectivity index (χ0) is 16.7. The second-order valence-corrected chi connectivity index (χ2v) is 5.51. The van der Waals surface area contributed by atoms with E-state index in [1.54, 1.807) is 30.3 Å². The van der Waals surface area contributed by atoms with Gasteiger partial charge in [0.25, 0.3) is 0 Å². The third-order valence-corrected chi connectivity index (χ3v) is 3.52. The molecule has 0 heterocycles. The number of ketones is 2. The van der Waals surface area contributed by atoms with E-state index >= 15 is 0 Å². The maximum Gasteiger partial charge on any atom is 0.195 e. The molecule has 0 amide bonds. The van der Waals surface area contributed by atoms with Crippen LogP contribution in [0.15, 0.2) is 46.9 Å². The van der Waals surface area contributed by atoms with Crippen LogP contribution in [-0.4, -0.2) is 11.6 Å². The predicted octanol–water partition coefficient (Wildman–Crippen LogP) is 4.42. The summed E-state index contributed by atoms with van der Waals surface area (Å²) in [4.78, 5) is 23.6. The van der Waals surface area contributed by atoms with Gasteiger partial charge in [0.05, 0.1) is 0 Å². The van der Waals surface area contributed by atoms with Gasteiger partial charge in [0.15, 0.2) is 5.78 Å². The van der Waals surface area contributed by atoms with Crippen molar-refractivity contribution in [3.8, 4) is 0 Å². The van der Waals surface area contributed by atoms with Gasteiger partial charge in [-0.2, -0.15) is 0 Å². The zero-order valence-electron chi connectivity index (χ0n) is 13.0. The van der Waals surface area contributed by atoms with Gasteiger partial charge in [0.1, 0.15) is 5.78 Å². The summed E-state index contributed by atoms with van der Waals surface area (Å²) in [5.74, 6) is -0.120. The number of Topliss-reactive ketones (excluding diaryl/α,β-unsaturated/α-hetero) is 1. The molecule has 0 aromatic heterocycles. The number of halogens is 1. The monoisotopic (exact) mass is 361 g/mol. The van der Waals surface area contributed by atoms with E-state index in [4.69, 9.17) is 5.73 Å². The summed E-state index contributed by atoms with van der Waals surface area (Å²) in [7, 11) is 0. The van der Waals surface area contributed by atoms with E-state index in [-0.39, 0.29) is 18.0 Å². The molecule has 0 unspecified atom stereocenters. The topological polar surface area (TPSA) is 60.2 Å². The second kappa shape index (κ2) is 8.49. The predicted molar refractivity (Wildman–Crippen MR) is 94.2 cm³/mol. The number of rotatable bonds is 4. The lowest BCUT2D eigenvalue weighted by Crippen LogP contribution is -2.09. The molecule has 22 heavy (non-hydrogen) atoms. The molecule has 0 saturated heterocycles. The first kappa shape index (κ1) is 18.1. The van der Waals surface area contributed by atoms with Crippen LogP contribution in [-0.2, 0) is 11.2 Å². The first-order chi connectivity index (χ1) is 10.5. The Labute approximate surface area is 139 Å². The van der Waals surface area contributed by atoms with E-state index in [9.17, 15) is 9.59 Å². The molecule has 0 aliphatic rings. The summed E-state index contributed by atoms with van der Waals surface area (Å²) in [6.45, 7) is 5.50. The Morgan fingerprint density at radius 2 is 1.64 bits per heavy atom. The summed E-state index contributed by atoms with van der Waals surface area (Å²) >= 11 is 3.33. The summed E-state index contributed by atoms with van der Waals surface area (Å²) in [6.07, 6.45) is 0.243. The van der Waals surface area contributed by atoms with Crippen molar-refractivity contribution in [3.63, 3.8) is 0 Å². The number of carbonyl (C=O) groups is 2. The van der Waals surface area contributed by atoms with E-state index in [0.29, 0.717) is 22.4 Å². The van der Waals surface area contributed by atoms with Crippen molar-refractivity contribution >= 4 is 33.2 Å². The molecule has 0 fully saturated rings. The van der Waals surface area contributed by atoms with Gasteiger partial charge >= 0.3 is 0 Å². The van der Waals surface area contributed by atoms with Crippen LogP contribution in [0.4, 0.5) is 5.69 Å². The Bertz CT molecular complexity index is 663. The Morgan fingerprint density at radius 1 is 1.05 bits per heavy atom. The number of hydrogen-bond donors (Lipinski definition) is 1. The quantitative estimate of drug-likeness (QED) is 0.647. The Morgan fingerprint density at radius 3 is 2.18 bits per heavy atom. The summed E-state index contributed by atoms with van der Waals surface area (Å²) < 4.78 is 0.910. The van der Waals surface area contributed by atoms with Crippen molar-refractivity contribution in [1.29, 1.82) is 0 Å². The van der Waals surface area contributed by atoms with Crippen LogP contribution < -0.4 is 5.73 Å². The van der Waals surface area contributed by atoms with E-state index in [1.807, 2.05) is 26.0 Å². The fraction of sp³-hybridized carbons (Fsp3) is 0.222. The molecule has 4 heteroatoms. The van der Waals surface area contributed by atoms with Gasteiger partial charge in [0.2, 0.25) is 0 Å². The van der Waals surface area contributed by atoms with Crippen molar-refractivity contribution in [2.75, 3.05) is 5.73 Å². The lowest BCUT2D eigenvalue weighted by atomic mass is 9.97. The molecule has 116 valence electrons. The molecule has 2 rings (SSSR count). The number of benzene rings is 2. The summed E-state index contributed by atoms with van der Waals surface area (Å²) in [5.41, 5.74) is 8.10. The minimum atomic E-state index is -0.139. The number of anilines is 1. The van der Waals surface area contributed by atoms with Crippen LogP contribution in [0.3, 0.4) is 0 Å². The average Bonchev–Trinajstić information content (AvgIpc) is 2.51. The number of hydrogen-bond acceptors (Lipinski definition) is 3. The fourth-order valence-electron chi connectivity index (χ4n) is 1.99. The lowest BCUT2D eigenvalue weighted by Gasteiger charge is -2.09. The number of nitrogen functional groups attached to an aromatic ring is 1. The standard InChI is InChI=1S/C16H14BrNO2.C2H6/c1-10(19)9-12-3-2-4-14(15(12)18)16(20)11-5-7-13(17)8-6-11;1-2/h2-8H,9,18H2,1H3;1-2H3. The van der Waals surface area contributed by atoms with Crippen LogP contribution >= 0.6 is 15.9 Å². The van der Waals surface area contributed by atoms with Crippen LogP contribution in [0.5, 0.6) is 0 Å². The Kier molecular flexibility index (Phi) is 6.99. The fourth-order valence-corrected chi connectivity index (χ4v) is 2.25. The van der Waals surface area contributed by atoms with E-state index in [1.165, 1.54) is 6.92 Å². The maximum atomic E-state index is 12.4. The van der Waals surface area contributed by atoms with Gasteiger partial charge in [-0.25, -0.2) is 0 Å². The van der Waals surface area contributed by atoms with Crippen molar-refractivity contribution in [1.82, 2.24) is 0 Å². The normalized spacial score (nSPS) is 9.64. The summed E-state index contributed by atoms with van der Waals surface area (Å²) in [6, 6.07) is 12.3. The minimum absolute atomic E-state index is 0.0185. The molecule has 0 aliphatic carbocycles. The largest absolute Gasteiger partial charge is 0.398 e. The molecule has 0 bridgehead atoms. The third-order valence-electron chi connectivity index (χ3n) is 2.99. The number of nitrogens with two attached hydrogens (primary N) is 1. The number of para-hydroxylation sites is 1. The van der Waals surface area contributed by atoms with Crippen molar-refractivity contribution in [3.05, 3.63) is 63.6 Å². The van der Waals surface area contributed by atoms with Crippen LogP contribution in [0.1, 0.15) is 42.3 Å². The summed E-state index contributed by atoms with van der Waals surface area (Å²) in [5, 5.41) is 0. The van der Waals surface area contributed by atoms with Crippen LogP contribution in [0, 0.1) is 0 Å². The first-order valence-electron chi connectivity index (χ1n) is 7.16. The Balaban J connectivity index is 0.00000116. The van der Waals surface area contributed by atoms with Crippen molar-refractivity contribution < 1.29 is 9.59 Å². The highest BCUT2D eigenvalue weighted by atomic mass is 79.9. The first-order valence-corrected chi connectivity index (χ1v) is 7.95. The average molecular weight is 362 g/mol. The zero-order valence-corrected chi connectivity index (χ0v) is 14.6. The molecule has 3 nitrogen and oxygen atoms in total. The van der Waals surface area contributed by atoms with Gasteiger partial charge in [-0.1, -0.05) is 41.9 Å². The minimum Gasteiger partial charge on any atom is -0.398 e. The molecular weight excluding hydrogens is 342 g/mol. The van der Waals surface area contributed by atoms with Crippen molar-refractivity contribution in [2.45, 2.75) is 27.2 Å². The molecule has 2 N–H and O–H groups in total. The second-order valence-electron chi connectivity index (χ2n) is 4.59. The highest BCUT2D eigenvalue weighted by molar-refractivity contribution is 9.10. The maximum absolute atomic E-state index is 12.4. The smallest absolute Gasteiger partial charge is 0.195 e. The number of carbonyl (C=O) groups excluding carboxylic acids is 2. The molecule has 0 atom stereocenters. The molecule has 0 aliphatic heterocycles. The highest BCUT2D eigenvalue weighted by Gasteiger charge is 2.15. The molecule has 0 spiro atoms. The molecule has 2 aromatic carbocycles. The van der Waals surface area contributed by atoms with Crippen LogP contribution in [0.2, 0.25) is 0 Å². The Hall–Kier alpha value is -1.94. The van der Waals surface area contributed by atoms with Gasteiger partial charge in [-0.3, -0.25) is 9.59 Å². The highest BCUT2D eigenvalue weighted by Crippen LogP contribution is 2.22. The van der Waals surface area contributed by atoms with E-state index in [0.717, 1.165) is 4.47 Å². The molecule has 0 radical (unpaired) electrons. The van der Waals surface area contributed by atoms with Gasteiger partial charge in [0, 0.05) is 27.7 Å². The van der Waals surface area contributed by atoms with Crippen LogP contribution in [0.25, 0.3) is 0 Å².